The van der Waals surface area contributed by atoms with Crippen LogP contribution in [0.2, 0.25) is 0 Å². The molecule has 0 bridgehead atoms. The van der Waals surface area contributed by atoms with Crippen LogP contribution in [0.1, 0.15) is 24.2 Å². The molecule has 3 nitrogen and oxygen atoms in total. The monoisotopic (exact) mass is 312 g/mol. The van der Waals surface area contributed by atoms with Crippen LogP contribution in [-0.4, -0.2) is 23.9 Å². The maximum absolute atomic E-state index is 13.8. The second kappa shape index (κ2) is 6.50. The fourth-order valence-corrected chi connectivity index (χ4v) is 1.93. The van der Waals surface area contributed by atoms with Crippen LogP contribution in [0.4, 0.5) is 4.39 Å². The number of nitriles is 1. The average molecular weight is 313 g/mol. The quantitative estimate of drug-likeness (QED) is 0.857. The molecule has 1 amide bonds. The lowest BCUT2D eigenvalue weighted by molar-refractivity contribution is 0.0748. The van der Waals surface area contributed by atoms with E-state index in [1.807, 2.05) is 0 Å². The smallest absolute Gasteiger partial charge is 0.256 e. The molecule has 0 saturated heterocycles. The van der Waals surface area contributed by atoms with Crippen LogP contribution in [0, 0.1) is 23.1 Å². The zero-order chi connectivity index (χ0) is 13.7. The van der Waals surface area contributed by atoms with Crippen molar-refractivity contribution in [2.75, 3.05) is 13.1 Å². The summed E-state index contributed by atoms with van der Waals surface area (Å²) in [5.74, 6) is -1.23. The Morgan fingerprint density at radius 1 is 1.61 bits per heavy atom. The van der Waals surface area contributed by atoms with E-state index in [1.54, 1.807) is 26.0 Å². The fourth-order valence-electron chi connectivity index (χ4n) is 1.57. The molecule has 0 aliphatic carbocycles. The molecule has 1 rings (SSSR count). The van der Waals surface area contributed by atoms with Gasteiger partial charge in [0.1, 0.15) is 5.82 Å². The normalized spacial score (nSPS) is 11.7. The van der Waals surface area contributed by atoms with Crippen LogP contribution >= 0.6 is 15.9 Å². The first-order valence-corrected chi connectivity index (χ1v) is 6.43. The van der Waals surface area contributed by atoms with E-state index in [-0.39, 0.29) is 16.0 Å². The number of halogens is 2. The van der Waals surface area contributed by atoms with Gasteiger partial charge in [0.05, 0.1) is 22.0 Å². The minimum absolute atomic E-state index is 0.0244. The van der Waals surface area contributed by atoms with Gasteiger partial charge in [-0.15, -0.1) is 0 Å². The topological polar surface area (TPSA) is 44.1 Å². The lowest BCUT2D eigenvalue weighted by atomic mass is 10.1. The first-order valence-electron chi connectivity index (χ1n) is 5.64. The molecule has 0 fully saturated rings. The summed E-state index contributed by atoms with van der Waals surface area (Å²) in [7, 11) is 0. The molecule has 0 N–H and O–H groups in total. The van der Waals surface area contributed by atoms with Crippen molar-refractivity contribution in [3.63, 3.8) is 0 Å². The minimum atomic E-state index is -0.564. The van der Waals surface area contributed by atoms with Crippen LogP contribution in [0.15, 0.2) is 22.7 Å². The second-order valence-corrected chi connectivity index (χ2v) is 4.83. The second-order valence-electron chi connectivity index (χ2n) is 3.98. The fraction of sp³-hybridized carbons (Fsp3) is 0.385. The maximum atomic E-state index is 13.8. The van der Waals surface area contributed by atoms with Crippen molar-refractivity contribution in [2.45, 2.75) is 13.8 Å². The molecule has 1 unspecified atom stereocenters. The third kappa shape index (κ3) is 3.30. The summed E-state index contributed by atoms with van der Waals surface area (Å²) < 4.78 is 14.1. The molecule has 18 heavy (non-hydrogen) atoms. The Hall–Kier alpha value is -1.41. The molecule has 5 heteroatoms. The molecule has 0 heterocycles. The zero-order valence-corrected chi connectivity index (χ0v) is 11.9. The van der Waals surface area contributed by atoms with Gasteiger partial charge in [0.2, 0.25) is 0 Å². The number of amides is 1. The highest BCUT2D eigenvalue weighted by Crippen LogP contribution is 2.20. The molecule has 96 valence electrons. The van der Waals surface area contributed by atoms with Crippen molar-refractivity contribution >= 4 is 21.8 Å². The molecule has 1 aromatic carbocycles. The van der Waals surface area contributed by atoms with E-state index in [2.05, 4.69) is 22.0 Å². The molecule has 0 aliphatic heterocycles. The van der Waals surface area contributed by atoms with E-state index < -0.39 is 11.7 Å². The number of carbonyl (C=O) groups excluding carboxylic acids is 1. The van der Waals surface area contributed by atoms with Gasteiger partial charge in [0, 0.05) is 13.1 Å². The highest BCUT2D eigenvalue weighted by Gasteiger charge is 2.20. The summed E-state index contributed by atoms with van der Waals surface area (Å²) in [4.78, 5) is 13.6. The SMILES string of the molecule is CCN(CC(C)C#N)C(=O)c1cccc(Br)c1F. The molecular weight excluding hydrogens is 299 g/mol. The van der Waals surface area contributed by atoms with Crippen molar-refractivity contribution < 1.29 is 9.18 Å². The zero-order valence-electron chi connectivity index (χ0n) is 10.3. The number of nitrogens with zero attached hydrogens (tertiary/aromatic N) is 2. The molecule has 0 aliphatic rings. The number of hydrogen-bond donors (Lipinski definition) is 0. The molecule has 1 atom stereocenters. The summed E-state index contributed by atoms with van der Waals surface area (Å²) in [5.41, 5.74) is 0.0244. The van der Waals surface area contributed by atoms with Crippen LogP contribution in [0.5, 0.6) is 0 Å². The number of carbonyl (C=O) groups is 1. The Balaban J connectivity index is 2.97. The lowest BCUT2D eigenvalue weighted by Crippen LogP contribution is -2.34. The summed E-state index contributed by atoms with van der Waals surface area (Å²) in [5, 5.41) is 8.76. The molecule has 0 spiro atoms. The van der Waals surface area contributed by atoms with E-state index in [0.29, 0.717) is 13.1 Å². The van der Waals surface area contributed by atoms with E-state index in [1.165, 1.54) is 11.0 Å². The van der Waals surface area contributed by atoms with Crippen LogP contribution in [0.25, 0.3) is 0 Å². The van der Waals surface area contributed by atoms with E-state index >= 15 is 0 Å². The average Bonchev–Trinajstić information content (AvgIpc) is 2.38. The molecule has 0 aromatic heterocycles. The van der Waals surface area contributed by atoms with Crippen molar-refractivity contribution in [1.82, 2.24) is 4.90 Å². The third-order valence-electron chi connectivity index (χ3n) is 2.57. The van der Waals surface area contributed by atoms with E-state index in [0.717, 1.165) is 0 Å². The molecular formula is C13H14BrFN2O. The Labute approximate surface area is 114 Å². The Morgan fingerprint density at radius 2 is 2.28 bits per heavy atom. The van der Waals surface area contributed by atoms with Gasteiger partial charge >= 0.3 is 0 Å². The number of rotatable bonds is 4. The summed E-state index contributed by atoms with van der Waals surface area (Å²) in [6.45, 7) is 4.28. The largest absolute Gasteiger partial charge is 0.338 e. The molecule has 0 saturated carbocycles. The molecule has 1 aromatic rings. The van der Waals surface area contributed by atoms with Gasteiger partial charge in [-0.3, -0.25) is 4.79 Å². The van der Waals surface area contributed by atoms with Crippen molar-refractivity contribution in [1.29, 1.82) is 5.26 Å². The van der Waals surface area contributed by atoms with Gasteiger partial charge < -0.3 is 4.90 Å². The maximum Gasteiger partial charge on any atom is 0.256 e. The highest BCUT2D eigenvalue weighted by molar-refractivity contribution is 9.10. The van der Waals surface area contributed by atoms with Gasteiger partial charge in [-0.05, 0) is 41.9 Å². The minimum Gasteiger partial charge on any atom is -0.338 e. The van der Waals surface area contributed by atoms with Crippen LogP contribution < -0.4 is 0 Å². The predicted octanol–water partition coefficient (Wildman–Crippen LogP) is 3.21. The Kier molecular flexibility index (Phi) is 5.29. The first kappa shape index (κ1) is 14.7. The Bertz CT molecular complexity index is 484. The van der Waals surface area contributed by atoms with Crippen LogP contribution in [-0.2, 0) is 0 Å². The first-order chi connectivity index (χ1) is 8.51. The third-order valence-corrected chi connectivity index (χ3v) is 3.18. The van der Waals surface area contributed by atoms with Gasteiger partial charge in [-0.1, -0.05) is 6.07 Å². The van der Waals surface area contributed by atoms with E-state index in [4.69, 9.17) is 5.26 Å². The number of hydrogen-bond acceptors (Lipinski definition) is 2. The predicted molar refractivity (Wildman–Crippen MR) is 70.5 cm³/mol. The standard InChI is InChI=1S/C13H14BrFN2O/c1-3-17(8-9(2)7-16)13(18)10-5-4-6-11(14)12(10)15/h4-6,9H,3,8H2,1-2H3. The Morgan fingerprint density at radius 3 is 2.83 bits per heavy atom. The van der Waals surface area contributed by atoms with Crippen molar-refractivity contribution in [3.8, 4) is 6.07 Å². The van der Waals surface area contributed by atoms with Crippen molar-refractivity contribution in [3.05, 3.63) is 34.1 Å². The summed E-state index contributed by atoms with van der Waals surface area (Å²) in [6.07, 6.45) is 0. The summed E-state index contributed by atoms with van der Waals surface area (Å²) >= 11 is 3.05. The number of benzene rings is 1. The summed E-state index contributed by atoms with van der Waals surface area (Å²) in [6, 6.07) is 6.67. The lowest BCUT2D eigenvalue weighted by Gasteiger charge is -2.22. The van der Waals surface area contributed by atoms with E-state index in [9.17, 15) is 9.18 Å². The molecule has 0 radical (unpaired) electrons. The highest BCUT2D eigenvalue weighted by atomic mass is 79.9. The van der Waals surface area contributed by atoms with Gasteiger partial charge in [-0.25, -0.2) is 4.39 Å². The van der Waals surface area contributed by atoms with Gasteiger partial charge in [-0.2, -0.15) is 5.26 Å². The van der Waals surface area contributed by atoms with Crippen LogP contribution in [0.3, 0.4) is 0 Å². The van der Waals surface area contributed by atoms with Crippen molar-refractivity contribution in [2.24, 2.45) is 5.92 Å². The van der Waals surface area contributed by atoms with Gasteiger partial charge in [0.25, 0.3) is 5.91 Å². The van der Waals surface area contributed by atoms with Gasteiger partial charge in [0.15, 0.2) is 0 Å².